The van der Waals surface area contributed by atoms with E-state index in [-0.39, 0.29) is 27.8 Å². The van der Waals surface area contributed by atoms with E-state index < -0.39 is 14.0 Å². The van der Waals surface area contributed by atoms with Crippen LogP contribution in [0.5, 0.6) is 0 Å². The summed E-state index contributed by atoms with van der Waals surface area (Å²) in [5.41, 5.74) is -0.343. The topological polar surface area (TPSA) is 88.7 Å². The van der Waals surface area contributed by atoms with Crippen LogP contribution < -0.4 is 0 Å². The molecule has 6 rings (SSSR count). The highest BCUT2D eigenvalue weighted by molar-refractivity contribution is 9.10. The van der Waals surface area contributed by atoms with Crippen molar-refractivity contribution in [3.05, 3.63) is 40.2 Å². The van der Waals surface area contributed by atoms with E-state index in [4.69, 9.17) is 23.1 Å². The van der Waals surface area contributed by atoms with Gasteiger partial charge in [-0.05, 0) is 109 Å². The summed E-state index contributed by atoms with van der Waals surface area (Å²) >= 11 is 3.46. The Hall–Kier alpha value is -1.26. The Morgan fingerprint density at radius 1 is 0.806 bits per heavy atom. The molecule has 2 saturated carbocycles. The molecular weight excluding hydrogens is 524 g/mol. The molecule has 4 aliphatic rings. The number of halogens is 1. The average Bonchev–Trinajstić information content (AvgIpc) is 3.69. The third-order valence-corrected chi connectivity index (χ3v) is 9.00. The van der Waals surface area contributed by atoms with Gasteiger partial charge >= 0.3 is 14.0 Å². The number of pyridine rings is 1. The monoisotopic (exact) mass is 559 g/mol. The molecule has 36 heavy (non-hydrogen) atoms. The Kier molecular flexibility index (Phi) is 6.32. The Bertz CT molecular complexity index is 1060. The van der Waals surface area contributed by atoms with Gasteiger partial charge in [0.2, 0.25) is 5.89 Å². The van der Waals surface area contributed by atoms with Gasteiger partial charge in [-0.2, -0.15) is 4.98 Å². The van der Waals surface area contributed by atoms with Crippen molar-refractivity contribution in [1.82, 2.24) is 15.1 Å². The lowest BCUT2D eigenvalue weighted by atomic mass is 9.49. The zero-order valence-corrected chi connectivity index (χ0v) is 24.1. The van der Waals surface area contributed by atoms with Crippen molar-refractivity contribution >= 4 is 29.9 Å². The predicted octanol–water partition coefficient (Wildman–Crippen LogP) is 5.43. The SMILES string of the molecule is Brc1cncc(C2(c3nc(C4CC4)no3)CC2)c1.CC1(C)OB(B2OC(C)(C)C(C)(C)O2)OC1(C)C. The Morgan fingerprint density at radius 3 is 1.72 bits per heavy atom. The first-order valence-corrected chi connectivity index (χ1v) is 13.6. The summed E-state index contributed by atoms with van der Waals surface area (Å²) < 4.78 is 30.3. The van der Waals surface area contributed by atoms with Crippen LogP contribution in [0.25, 0.3) is 0 Å². The summed E-state index contributed by atoms with van der Waals surface area (Å²) in [5.74, 6) is 2.20. The van der Waals surface area contributed by atoms with Crippen molar-refractivity contribution < 1.29 is 23.1 Å². The summed E-state index contributed by atoms with van der Waals surface area (Å²) in [4.78, 5) is 8.83. The molecule has 2 aliphatic heterocycles. The Balaban J connectivity index is 0.000000148. The molecule has 0 atom stereocenters. The molecule has 11 heteroatoms. The van der Waals surface area contributed by atoms with Crippen LogP contribution >= 0.6 is 15.9 Å². The van der Waals surface area contributed by atoms with E-state index in [2.05, 4.69) is 37.1 Å². The average molecular weight is 560 g/mol. The van der Waals surface area contributed by atoms with Gasteiger partial charge in [0, 0.05) is 22.8 Å². The lowest BCUT2D eigenvalue weighted by molar-refractivity contribution is 0.00578. The molecule has 8 nitrogen and oxygen atoms in total. The second-order valence-electron chi connectivity index (χ2n) is 12.5. The van der Waals surface area contributed by atoms with Gasteiger partial charge in [-0.25, -0.2) is 0 Å². The zero-order chi connectivity index (χ0) is 26.1. The van der Waals surface area contributed by atoms with E-state index in [1.165, 1.54) is 18.4 Å². The molecule has 2 aromatic heterocycles. The maximum Gasteiger partial charge on any atom is 0.488 e. The van der Waals surface area contributed by atoms with Crippen molar-refractivity contribution in [2.45, 2.75) is 115 Å². The van der Waals surface area contributed by atoms with Crippen molar-refractivity contribution in [2.24, 2.45) is 0 Å². The van der Waals surface area contributed by atoms with Crippen molar-refractivity contribution in [2.75, 3.05) is 0 Å². The van der Waals surface area contributed by atoms with Gasteiger partial charge in [-0.3, -0.25) is 4.98 Å². The number of nitrogens with zero attached hydrogens (tertiary/aromatic N) is 3. The molecule has 0 spiro atoms. The van der Waals surface area contributed by atoms with Crippen molar-refractivity contribution in [3.8, 4) is 0 Å². The highest BCUT2D eigenvalue weighted by Crippen LogP contribution is 2.53. The minimum atomic E-state index is -0.476. The summed E-state index contributed by atoms with van der Waals surface area (Å²) in [7, 11) is -0.952. The fraction of sp³-hybridized carbons (Fsp3) is 0.720. The highest BCUT2D eigenvalue weighted by Gasteiger charge is 2.63. The lowest BCUT2D eigenvalue weighted by Gasteiger charge is -2.32. The number of hydrogen-bond acceptors (Lipinski definition) is 8. The van der Waals surface area contributed by atoms with Crippen LogP contribution in [0.2, 0.25) is 0 Å². The smallest absolute Gasteiger partial charge is 0.405 e. The van der Waals surface area contributed by atoms with Crippen LogP contribution in [-0.4, -0.2) is 51.5 Å². The molecule has 0 unspecified atom stereocenters. The third kappa shape index (κ3) is 4.70. The molecule has 0 N–H and O–H groups in total. The first kappa shape index (κ1) is 26.4. The van der Waals surface area contributed by atoms with Gasteiger partial charge in [0.15, 0.2) is 5.82 Å². The van der Waals surface area contributed by atoms with Gasteiger partial charge in [-0.1, -0.05) is 5.16 Å². The van der Waals surface area contributed by atoms with Crippen molar-refractivity contribution in [1.29, 1.82) is 0 Å². The lowest BCUT2D eigenvalue weighted by Crippen LogP contribution is -2.41. The van der Waals surface area contributed by atoms with Crippen LogP contribution in [0.4, 0.5) is 0 Å². The molecule has 2 aliphatic carbocycles. The number of hydrogen-bond donors (Lipinski definition) is 0. The molecule has 0 amide bonds. The third-order valence-electron chi connectivity index (χ3n) is 8.57. The van der Waals surface area contributed by atoms with E-state index in [1.54, 1.807) is 6.20 Å². The molecule has 0 radical (unpaired) electrons. The number of rotatable bonds is 4. The Labute approximate surface area is 223 Å². The molecule has 0 aromatic carbocycles. The van der Waals surface area contributed by atoms with Gasteiger partial charge in [0.05, 0.1) is 27.8 Å². The summed E-state index contributed by atoms with van der Waals surface area (Å²) in [5, 5.41) is 4.11. The van der Waals surface area contributed by atoms with Gasteiger partial charge in [0.1, 0.15) is 0 Å². The highest BCUT2D eigenvalue weighted by atomic mass is 79.9. The summed E-state index contributed by atoms with van der Waals surface area (Å²) in [6, 6.07) is 2.10. The quantitative estimate of drug-likeness (QED) is 0.458. The van der Waals surface area contributed by atoms with Crippen LogP contribution in [-0.2, 0) is 24.0 Å². The van der Waals surface area contributed by atoms with Crippen LogP contribution in [0.1, 0.15) is 104 Å². The molecule has 4 fully saturated rings. The van der Waals surface area contributed by atoms with Gasteiger partial charge in [0.25, 0.3) is 0 Å². The summed E-state index contributed by atoms with van der Waals surface area (Å²) in [6.07, 6.45) is 8.23. The first-order valence-electron chi connectivity index (χ1n) is 12.8. The zero-order valence-electron chi connectivity index (χ0n) is 22.6. The predicted molar refractivity (Wildman–Crippen MR) is 140 cm³/mol. The maximum absolute atomic E-state index is 5.96. The van der Waals surface area contributed by atoms with Crippen molar-refractivity contribution in [3.63, 3.8) is 0 Å². The van der Waals surface area contributed by atoms with Crippen LogP contribution in [0.15, 0.2) is 27.5 Å². The van der Waals surface area contributed by atoms with Gasteiger partial charge in [-0.15, -0.1) is 0 Å². The summed E-state index contributed by atoms with van der Waals surface area (Å²) in [6.45, 7) is 16.2. The molecule has 0 bridgehead atoms. The fourth-order valence-electron chi connectivity index (χ4n) is 4.36. The van der Waals surface area contributed by atoms with Crippen LogP contribution in [0.3, 0.4) is 0 Å². The molecule has 2 saturated heterocycles. The van der Waals surface area contributed by atoms with Gasteiger partial charge < -0.3 is 23.1 Å². The molecular formula is C25H36B2BrN3O5. The standard InChI is InChI=1S/C13H12BrN3O.C12H24B2O4/c14-10-5-9(6-15-7-10)13(3-4-13)12-16-11(17-18-12)8-1-2-8;1-9(2)10(3,4)16-13(15-9)14-17-11(5,6)12(7,8)18-14/h5-8H,1-4H2;1-8H3. The Morgan fingerprint density at radius 2 is 1.31 bits per heavy atom. The van der Waals surface area contributed by atoms with E-state index in [9.17, 15) is 0 Å². The maximum atomic E-state index is 5.96. The second-order valence-corrected chi connectivity index (χ2v) is 13.4. The van der Waals surface area contributed by atoms with E-state index >= 15 is 0 Å². The number of aromatic nitrogens is 3. The molecule has 2 aromatic rings. The first-order chi connectivity index (χ1) is 16.7. The van der Waals surface area contributed by atoms with E-state index in [0.717, 1.165) is 29.0 Å². The second kappa shape index (κ2) is 8.63. The molecule has 194 valence electrons. The van der Waals surface area contributed by atoms with E-state index in [1.807, 2.05) is 61.6 Å². The molecule has 4 heterocycles. The van der Waals surface area contributed by atoms with E-state index in [0.29, 0.717) is 5.92 Å². The minimum absolute atomic E-state index is 0.0725. The largest absolute Gasteiger partial charge is 0.488 e. The normalized spacial score (nSPS) is 26.5. The van der Waals surface area contributed by atoms with Crippen LogP contribution in [0, 0.1) is 0 Å². The minimum Gasteiger partial charge on any atom is -0.405 e. The fourth-order valence-corrected chi connectivity index (χ4v) is 4.73.